The molecular formula is C25H33N5O2. The molecule has 2 aliphatic heterocycles. The molecule has 0 aromatic heterocycles. The Hall–Kier alpha value is -2.83. The Bertz CT molecular complexity index is 927. The fraction of sp³-hybridized carbons (Fsp3) is 0.560. The van der Waals surface area contributed by atoms with Crippen LogP contribution in [0.3, 0.4) is 0 Å². The SMILES string of the molecule is CN=C(NCCCN1C(=O)C2C3C=CC(C3)C2C1=O)NCC(C)N1CCc2ccccc21. The van der Waals surface area contributed by atoms with Crippen molar-refractivity contribution < 1.29 is 9.59 Å². The number of nitrogens with zero attached hydrogens (tertiary/aromatic N) is 3. The van der Waals surface area contributed by atoms with Crippen LogP contribution in [0, 0.1) is 23.7 Å². The molecular weight excluding hydrogens is 402 g/mol. The number of carbonyl (C=O) groups is 2. The number of rotatable bonds is 7. The van der Waals surface area contributed by atoms with E-state index in [9.17, 15) is 9.59 Å². The standard InChI is InChI=1S/C25H33N5O2/c1-16(29-13-10-17-6-3-4-7-20(17)29)15-28-25(26-2)27-11-5-12-30-23(31)21-18-8-9-19(14-18)22(21)24(30)32/h3-4,6-9,16,18-19,21-22H,5,10-15H2,1-2H3,(H2,26,27,28). The lowest BCUT2D eigenvalue weighted by Crippen LogP contribution is -2.46. The third kappa shape index (κ3) is 3.57. The molecule has 32 heavy (non-hydrogen) atoms. The number of imide groups is 1. The third-order valence-corrected chi connectivity index (χ3v) is 7.66. The first-order valence-electron chi connectivity index (χ1n) is 11.9. The predicted octanol–water partition coefficient (Wildman–Crippen LogP) is 1.80. The zero-order valence-electron chi connectivity index (χ0n) is 19.0. The van der Waals surface area contributed by atoms with Crippen LogP contribution in [0.25, 0.3) is 0 Å². The monoisotopic (exact) mass is 435 g/mol. The van der Waals surface area contributed by atoms with Gasteiger partial charge in [-0.25, -0.2) is 0 Å². The molecule has 5 atom stereocenters. The van der Waals surface area contributed by atoms with Gasteiger partial charge in [-0.2, -0.15) is 0 Å². The summed E-state index contributed by atoms with van der Waals surface area (Å²) in [6, 6.07) is 8.96. The lowest BCUT2D eigenvalue weighted by atomic mass is 9.85. The second-order valence-electron chi connectivity index (χ2n) is 9.48. The first-order valence-corrected chi connectivity index (χ1v) is 11.9. The maximum Gasteiger partial charge on any atom is 0.233 e. The van der Waals surface area contributed by atoms with E-state index in [2.05, 4.69) is 63.9 Å². The molecule has 170 valence electrons. The fourth-order valence-electron chi connectivity index (χ4n) is 6.03. The highest BCUT2D eigenvalue weighted by molar-refractivity contribution is 6.06. The van der Waals surface area contributed by atoms with Gasteiger partial charge in [0.1, 0.15) is 0 Å². The van der Waals surface area contributed by atoms with E-state index >= 15 is 0 Å². The Morgan fingerprint density at radius 3 is 2.56 bits per heavy atom. The summed E-state index contributed by atoms with van der Waals surface area (Å²) >= 11 is 0. The van der Waals surface area contributed by atoms with E-state index in [4.69, 9.17) is 0 Å². The van der Waals surface area contributed by atoms with Gasteiger partial charge in [0, 0.05) is 45.0 Å². The molecule has 1 aromatic carbocycles. The second kappa shape index (κ2) is 8.60. The van der Waals surface area contributed by atoms with E-state index in [1.54, 1.807) is 7.05 Å². The molecule has 7 heteroatoms. The van der Waals surface area contributed by atoms with E-state index in [1.807, 2.05) is 0 Å². The molecule has 2 heterocycles. The van der Waals surface area contributed by atoms with Crippen molar-refractivity contribution in [2.45, 2.75) is 32.2 Å². The Kier molecular flexibility index (Phi) is 5.66. The Balaban J connectivity index is 1.06. The van der Waals surface area contributed by atoms with Crippen LogP contribution in [-0.2, 0) is 16.0 Å². The number of hydrogen-bond acceptors (Lipinski definition) is 4. The van der Waals surface area contributed by atoms with Gasteiger partial charge >= 0.3 is 0 Å². The Labute approximate surface area is 189 Å². The lowest BCUT2D eigenvalue weighted by molar-refractivity contribution is -0.140. The zero-order valence-corrected chi connectivity index (χ0v) is 19.0. The topological polar surface area (TPSA) is 77.0 Å². The van der Waals surface area contributed by atoms with Crippen LogP contribution in [0.4, 0.5) is 5.69 Å². The number of likely N-dealkylation sites (tertiary alicyclic amines) is 1. The number of guanidine groups is 1. The highest BCUT2D eigenvalue weighted by Gasteiger charge is 2.58. The maximum atomic E-state index is 12.8. The number of allylic oxidation sites excluding steroid dienone is 2. The first kappa shape index (κ1) is 21.0. The highest BCUT2D eigenvalue weighted by atomic mass is 16.2. The van der Waals surface area contributed by atoms with Crippen molar-refractivity contribution in [2.75, 3.05) is 38.1 Å². The van der Waals surface area contributed by atoms with E-state index in [-0.39, 0.29) is 35.5 Å². The molecule has 2 bridgehead atoms. The van der Waals surface area contributed by atoms with Gasteiger partial charge in [0.2, 0.25) is 11.8 Å². The number of para-hydroxylation sites is 1. The normalized spacial score (nSPS) is 29.0. The Morgan fingerprint density at radius 2 is 1.84 bits per heavy atom. The molecule has 5 unspecified atom stereocenters. The van der Waals surface area contributed by atoms with Crippen molar-refractivity contribution in [3.05, 3.63) is 42.0 Å². The summed E-state index contributed by atoms with van der Waals surface area (Å²) in [6.45, 7) is 5.21. The summed E-state index contributed by atoms with van der Waals surface area (Å²) in [5.74, 6) is 1.18. The van der Waals surface area contributed by atoms with E-state index in [0.717, 1.165) is 38.3 Å². The number of aliphatic imine (C=N–C) groups is 1. The molecule has 1 aromatic rings. The summed E-state index contributed by atoms with van der Waals surface area (Å²) in [7, 11) is 1.77. The number of carbonyl (C=O) groups excluding carboxylic acids is 2. The third-order valence-electron chi connectivity index (χ3n) is 7.66. The van der Waals surface area contributed by atoms with Crippen LogP contribution in [0.1, 0.15) is 25.3 Å². The molecule has 2 fully saturated rings. The number of benzene rings is 1. The van der Waals surface area contributed by atoms with Gasteiger partial charge in [0.05, 0.1) is 11.8 Å². The van der Waals surface area contributed by atoms with E-state index in [0.29, 0.717) is 19.1 Å². The van der Waals surface area contributed by atoms with Crippen molar-refractivity contribution in [1.82, 2.24) is 15.5 Å². The number of fused-ring (bicyclic) bond motifs is 6. The van der Waals surface area contributed by atoms with Gasteiger partial charge in [-0.1, -0.05) is 30.4 Å². The molecule has 5 rings (SSSR count). The smallest absolute Gasteiger partial charge is 0.233 e. The molecule has 2 N–H and O–H groups in total. The summed E-state index contributed by atoms with van der Waals surface area (Å²) in [5, 5.41) is 6.74. The molecule has 2 amide bonds. The van der Waals surface area contributed by atoms with Gasteiger partial charge in [-0.3, -0.25) is 19.5 Å². The van der Waals surface area contributed by atoms with Crippen LogP contribution in [0.2, 0.25) is 0 Å². The summed E-state index contributed by atoms with van der Waals surface area (Å²) in [4.78, 5) is 33.8. The number of amides is 2. The minimum atomic E-state index is -0.0999. The first-order chi connectivity index (χ1) is 15.6. The molecule has 0 radical (unpaired) electrons. The number of hydrogen-bond donors (Lipinski definition) is 2. The molecule has 1 saturated heterocycles. The van der Waals surface area contributed by atoms with Crippen LogP contribution in [-0.4, -0.2) is 61.9 Å². The Morgan fingerprint density at radius 1 is 1.12 bits per heavy atom. The van der Waals surface area contributed by atoms with E-state index < -0.39 is 0 Å². The molecule has 4 aliphatic rings. The van der Waals surface area contributed by atoms with Crippen LogP contribution in [0.15, 0.2) is 41.4 Å². The van der Waals surface area contributed by atoms with Gasteiger partial charge in [-0.15, -0.1) is 0 Å². The van der Waals surface area contributed by atoms with Crippen molar-refractivity contribution in [1.29, 1.82) is 0 Å². The second-order valence-corrected chi connectivity index (χ2v) is 9.48. The highest BCUT2D eigenvalue weighted by Crippen LogP contribution is 2.52. The number of nitrogens with one attached hydrogen (secondary N) is 2. The minimum Gasteiger partial charge on any atom is -0.366 e. The van der Waals surface area contributed by atoms with Crippen LogP contribution in [0.5, 0.6) is 0 Å². The van der Waals surface area contributed by atoms with Crippen molar-refractivity contribution in [3.8, 4) is 0 Å². The van der Waals surface area contributed by atoms with E-state index in [1.165, 1.54) is 16.2 Å². The van der Waals surface area contributed by atoms with Gasteiger partial charge < -0.3 is 15.5 Å². The van der Waals surface area contributed by atoms with Crippen molar-refractivity contribution in [3.63, 3.8) is 0 Å². The van der Waals surface area contributed by atoms with Gasteiger partial charge in [0.25, 0.3) is 0 Å². The molecule has 1 saturated carbocycles. The predicted molar refractivity (Wildman–Crippen MR) is 125 cm³/mol. The van der Waals surface area contributed by atoms with Crippen molar-refractivity contribution >= 4 is 23.5 Å². The maximum absolute atomic E-state index is 12.8. The number of anilines is 1. The average Bonchev–Trinajstić information content (AvgIpc) is 3.57. The molecule has 2 aliphatic carbocycles. The quantitative estimate of drug-likeness (QED) is 0.225. The van der Waals surface area contributed by atoms with Crippen LogP contribution >= 0.6 is 0 Å². The van der Waals surface area contributed by atoms with Gasteiger partial charge in [0.15, 0.2) is 5.96 Å². The summed E-state index contributed by atoms with van der Waals surface area (Å²) in [5.41, 5.74) is 2.75. The zero-order chi connectivity index (χ0) is 22.2. The van der Waals surface area contributed by atoms with Gasteiger partial charge in [-0.05, 0) is 49.7 Å². The largest absolute Gasteiger partial charge is 0.366 e. The minimum absolute atomic E-state index is 0.0408. The molecule has 7 nitrogen and oxygen atoms in total. The fourth-order valence-corrected chi connectivity index (χ4v) is 6.03. The van der Waals surface area contributed by atoms with Crippen LogP contribution < -0.4 is 15.5 Å². The molecule has 0 spiro atoms. The lowest BCUT2D eigenvalue weighted by Gasteiger charge is -2.28. The summed E-state index contributed by atoms with van der Waals surface area (Å²) < 4.78 is 0. The van der Waals surface area contributed by atoms with Crippen molar-refractivity contribution in [2.24, 2.45) is 28.7 Å². The average molecular weight is 436 g/mol. The summed E-state index contributed by atoms with van der Waals surface area (Å²) in [6.07, 6.45) is 7.07.